The summed E-state index contributed by atoms with van der Waals surface area (Å²) in [5.74, 6) is 1.70. The third-order valence-electron chi connectivity index (χ3n) is 5.41. The predicted octanol–water partition coefficient (Wildman–Crippen LogP) is 1.66. The van der Waals surface area contributed by atoms with Crippen molar-refractivity contribution in [1.29, 1.82) is 0 Å². The number of amides is 1. The summed E-state index contributed by atoms with van der Waals surface area (Å²) in [6, 6.07) is 9.87. The van der Waals surface area contributed by atoms with E-state index < -0.39 is 0 Å². The molecule has 2 fully saturated rings. The molecule has 1 amide bonds. The van der Waals surface area contributed by atoms with Crippen LogP contribution in [-0.2, 0) is 17.6 Å². The lowest BCUT2D eigenvalue weighted by molar-refractivity contribution is -0.119. The quantitative estimate of drug-likeness (QED) is 0.858. The van der Waals surface area contributed by atoms with Gasteiger partial charge in [0.05, 0.1) is 0 Å². The van der Waals surface area contributed by atoms with Crippen LogP contribution in [0.5, 0.6) is 0 Å². The third-order valence-corrected chi connectivity index (χ3v) is 5.41. The van der Waals surface area contributed by atoms with Crippen molar-refractivity contribution in [3.05, 3.63) is 35.4 Å². The van der Waals surface area contributed by atoms with Gasteiger partial charge < -0.3 is 10.6 Å². The third kappa shape index (κ3) is 2.14. The van der Waals surface area contributed by atoms with Crippen molar-refractivity contribution in [2.75, 3.05) is 6.54 Å². The minimum absolute atomic E-state index is 0.201. The van der Waals surface area contributed by atoms with E-state index in [0.29, 0.717) is 18.5 Å². The summed E-state index contributed by atoms with van der Waals surface area (Å²) in [4.78, 5) is 11.4. The highest BCUT2D eigenvalue weighted by atomic mass is 16.1. The number of hydrogen-bond donors (Lipinski definition) is 2. The molecule has 2 aliphatic carbocycles. The van der Waals surface area contributed by atoms with Gasteiger partial charge in [-0.25, -0.2) is 0 Å². The standard InChI is InChI=1S/C17H22N2O/c20-16-9-15(10-18-16)19-17-13-5-6-14(17)8-12-4-2-1-3-11(12)7-13/h1-4,13-15,17,19H,5-10H2,(H,18,20). The molecule has 4 rings (SSSR count). The van der Waals surface area contributed by atoms with E-state index in [1.54, 1.807) is 11.1 Å². The molecule has 1 saturated carbocycles. The van der Waals surface area contributed by atoms with Gasteiger partial charge in [0, 0.05) is 25.0 Å². The first kappa shape index (κ1) is 12.4. The van der Waals surface area contributed by atoms with Crippen molar-refractivity contribution >= 4 is 5.91 Å². The lowest BCUT2D eigenvalue weighted by Gasteiger charge is -2.26. The van der Waals surface area contributed by atoms with Crippen molar-refractivity contribution in [2.24, 2.45) is 11.8 Å². The van der Waals surface area contributed by atoms with Gasteiger partial charge in [0.2, 0.25) is 5.91 Å². The Bertz CT molecular complexity index is 494. The molecule has 106 valence electrons. The Kier molecular flexibility index (Phi) is 3.03. The van der Waals surface area contributed by atoms with Crippen LogP contribution in [0.3, 0.4) is 0 Å². The molecule has 2 bridgehead atoms. The molecule has 1 saturated heterocycles. The highest BCUT2D eigenvalue weighted by Gasteiger charge is 2.40. The number of carbonyl (C=O) groups is 1. The molecule has 2 N–H and O–H groups in total. The molecule has 0 aromatic heterocycles. The zero-order valence-corrected chi connectivity index (χ0v) is 11.8. The van der Waals surface area contributed by atoms with Gasteiger partial charge in [-0.1, -0.05) is 24.3 Å². The fraction of sp³-hybridized carbons (Fsp3) is 0.588. The molecule has 1 heterocycles. The number of rotatable bonds is 2. The maximum atomic E-state index is 11.4. The summed E-state index contributed by atoms with van der Waals surface area (Å²) in [6.07, 6.45) is 5.75. The average molecular weight is 270 g/mol. The van der Waals surface area contributed by atoms with Gasteiger partial charge in [-0.3, -0.25) is 4.79 Å². The molecule has 3 nitrogen and oxygen atoms in total. The topological polar surface area (TPSA) is 41.1 Å². The molecule has 1 aromatic rings. The van der Waals surface area contributed by atoms with Gasteiger partial charge in [0.25, 0.3) is 0 Å². The summed E-state index contributed by atoms with van der Waals surface area (Å²) in [6.45, 7) is 0.807. The zero-order valence-electron chi connectivity index (χ0n) is 11.8. The molecule has 3 atom stereocenters. The van der Waals surface area contributed by atoms with Crippen LogP contribution in [0.4, 0.5) is 0 Å². The monoisotopic (exact) mass is 270 g/mol. The summed E-state index contributed by atoms with van der Waals surface area (Å²) >= 11 is 0. The highest BCUT2D eigenvalue weighted by Crippen LogP contribution is 2.40. The van der Waals surface area contributed by atoms with E-state index in [1.165, 1.54) is 25.7 Å². The fourth-order valence-corrected chi connectivity index (χ4v) is 4.42. The van der Waals surface area contributed by atoms with Crippen molar-refractivity contribution in [1.82, 2.24) is 10.6 Å². The maximum absolute atomic E-state index is 11.4. The Hall–Kier alpha value is -1.35. The van der Waals surface area contributed by atoms with E-state index >= 15 is 0 Å². The molecule has 0 radical (unpaired) electrons. The van der Waals surface area contributed by atoms with Gasteiger partial charge in [0.1, 0.15) is 0 Å². The van der Waals surface area contributed by atoms with E-state index in [9.17, 15) is 4.79 Å². The van der Waals surface area contributed by atoms with Crippen molar-refractivity contribution < 1.29 is 4.79 Å². The summed E-state index contributed by atoms with van der Waals surface area (Å²) in [7, 11) is 0. The van der Waals surface area contributed by atoms with Gasteiger partial charge in [-0.05, 0) is 48.6 Å². The number of nitrogens with one attached hydrogen (secondary N) is 2. The predicted molar refractivity (Wildman–Crippen MR) is 78.4 cm³/mol. The Balaban J connectivity index is 1.53. The van der Waals surface area contributed by atoms with E-state index in [-0.39, 0.29) is 5.91 Å². The van der Waals surface area contributed by atoms with Gasteiger partial charge in [-0.2, -0.15) is 0 Å². The van der Waals surface area contributed by atoms with Crippen molar-refractivity contribution in [3.63, 3.8) is 0 Å². The van der Waals surface area contributed by atoms with Crippen LogP contribution >= 0.6 is 0 Å². The van der Waals surface area contributed by atoms with Crippen LogP contribution in [0.1, 0.15) is 30.4 Å². The lowest BCUT2D eigenvalue weighted by atomic mass is 9.94. The van der Waals surface area contributed by atoms with Crippen molar-refractivity contribution in [3.8, 4) is 0 Å². The smallest absolute Gasteiger partial charge is 0.221 e. The first-order valence-electron chi connectivity index (χ1n) is 7.89. The number of carbonyl (C=O) groups excluding carboxylic acids is 1. The Morgan fingerprint density at radius 1 is 1.00 bits per heavy atom. The van der Waals surface area contributed by atoms with Gasteiger partial charge in [0.15, 0.2) is 0 Å². The second kappa shape index (κ2) is 4.88. The minimum Gasteiger partial charge on any atom is -0.354 e. The number of fused-ring (bicyclic) bond motifs is 3. The van der Waals surface area contributed by atoms with Crippen LogP contribution < -0.4 is 10.6 Å². The normalized spacial score (nSPS) is 35.5. The molecule has 3 unspecified atom stereocenters. The van der Waals surface area contributed by atoms with Crippen LogP contribution in [-0.4, -0.2) is 24.5 Å². The fourth-order valence-electron chi connectivity index (χ4n) is 4.42. The average Bonchev–Trinajstić information content (AvgIpc) is 2.95. The Labute approximate surface area is 120 Å². The van der Waals surface area contributed by atoms with E-state index in [1.807, 2.05) is 0 Å². The molecule has 0 spiro atoms. The van der Waals surface area contributed by atoms with Gasteiger partial charge >= 0.3 is 0 Å². The van der Waals surface area contributed by atoms with Gasteiger partial charge in [-0.15, -0.1) is 0 Å². The van der Waals surface area contributed by atoms with E-state index in [0.717, 1.165) is 18.4 Å². The lowest BCUT2D eigenvalue weighted by Crippen LogP contribution is -2.45. The SMILES string of the molecule is O=C1CC(NC2C3CCC2Cc2ccccc2C3)CN1. The van der Waals surface area contributed by atoms with Crippen LogP contribution in [0.25, 0.3) is 0 Å². The van der Waals surface area contributed by atoms with Crippen molar-refractivity contribution in [2.45, 2.75) is 44.2 Å². The molecule has 3 heteroatoms. The Morgan fingerprint density at radius 3 is 2.20 bits per heavy atom. The van der Waals surface area contributed by atoms with Crippen LogP contribution in [0.15, 0.2) is 24.3 Å². The minimum atomic E-state index is 0.201. The highest BCUT2D eigenvalue weighted by molar-refractivity contribution is 5.78. The first-order valence-corrected chi connectivity index (χ1v) is 7.89. The molecule has 1 aliphatic heterocycles. The molecule has 3 aliphatic rings. The first-order chi connectivity index (χ1) is 9.79. The van der Waals surface area contributed by atoms with E-state index in [2.05, 4.69) is 34.9 Å². The maximum Gasteiger partial charge on any atom is 0.221 e. The van der Waals surface area contributed by atoms with Crippen LogP contribution in [0.2, 0.25) is 0 Å². The number of benzene rings is 1. The van der Waals surface area contributed by atoms with Crippen LogP contribution in [0, 0.1) is 11.8 Å². The molecular formula is C17H22N2O. The summed E-state index contributed by atoms with van der Waals surface area (Å²) in [5, 5.41) is 6.74. The molecule has 1 aromatic carbocycles. The molecule has 20 heavy (non-hydrogen) atoms. The second-order valence-electron chi connectivity index (χ2n) is 6.67. The number of hydrogen-bond acceptors (Lipinski definition) is 2. The molecular weight excluding hydrogens is 248 g/mol. The largest absolute Gasteiger partial charge is 0.354 e. The Morgan fingerprint density at radius 2 is 1.65 bits per heavy atom. The zero-order chi connectivity index (χ0) is 13.5. The second-order valence-corrected chi connectivity index (χ2v) is 6.67. The van der Waals surface area contributed by atoms with E-state index in [4.69, 9.17) is 0 Å². The summed E-state index contributed by atoms with van der Waals surface area (Å²) in [5.41, 5.74) is 3.10. The summed E-state index contributed by atoms with van der Waals surface area (Å²) < 4.78 is 0.